The Bertz CT molecular complexity index is 326. The van der Waals surface area contributed by atoms with Crippen LogP contribution in [-0.2, 0) is 4.79 Å². The molecule has 3 aliphatic rings. The quantitative estimate of drug-likeness (QED) is 0.738. The van der Waals surface area contributed by atoms with Gasteiger partial charge in [0.05, 0.1) is 0 Å². The van der Waals surface area contributed by atoms with E-state index in [0.717, 1.165) is 43.7 Å². The fourth-order valence-electron chi connectivity index (χ4n) is 3.73. The van der Waals surface area contributed by atoms with E-state index in [9.17, 15) is 4.79 Å². The highest BCUT2D eigenvalue weighted by molar-refractivity contribution is 5.73. The number of carboxylic acid groups (broad SMARTS) is 1. The van der Waals surface area contributed by atoms with Crippen LogP contribution in [-0.4, -0.2) is 35.1 Å². The van der Waals surface area contributed by atoms with Gasteiger partial charge in [0, 0.05) is 6.54 Å². The number of carboxylic acids is 1. The molecule has 0 aromatic heterocycles. The minimum absolute atomic E-state index is 0.205. The van der Waals surface area contributed by atoms with Crippen molar-refractivity contribution in [1.82, 2.24) is 4.90 Å². The Morgan fingerprint density at radius 2 is 2.25 bits per heavy atom. The van der Waals surface area contributed by atoms with Gasteiger partial charge < -0.3 is 5.11 Å². The van der Waals surface area contributed by atoms with Gasteiger partial charge >= 0.3 is 5.97 Å². The molecule has 2 bridgehead atoms. The molecular weight excluding hydrogens is 202 g/mol. The van der Waals surface area contributed by atoms with Gasteiger partial charge in [-0.05, 0) is 50.0 Å². The third kappa shape index (κ3) is 1.67. The maximum atomic E-state index is 11.1. The van der Waals surface area contributed by atoms with Crippen molar-refractivity contribution >= 4 is 5.97 Å². The maximum Gasteiger partial charge on any atom is 0.320 e. The standard InChI is InChI=1S/C13H19NO2/c15-13(16)12-2-1-5-14(12)8-11-7-9-3-4-10(11)6-9/h3-4,9-12H,1-2,5-8H2,(H,15,16). The Balaban J connectivity index is 1.62. The van der Waals surface area contributed by atoms with Crippen molar-refractivity contribution in [3.63, 3.8) is 0 Å². The number of hydrogen-bond acceptors (Lipinski definition) is 2. The SMILES string of the molecule is O=C(O)C1CCCN1CC1CC2C=CC1C2. The van der Waals surface area contributed by atoms with Crippen molar-refractivity contribution in [3.8, 4) is 0 Å². The van der Waals surface area contributed by atoms with Gasteiger partial charge in [0.15, 0.2) is 0 Å². The lowest BCUT2D eigenvalue weighted by molar-refractivity contribution is -0.142. The number of nitrogens with zero attached hydrogens (tertiary/aromatic N) is 1. The molecule has 88 valence electrons. The van der Waals surface area contributed by atoms with Gasteiger partial charge in [-0.15, -0.1) is 0 Å². The van der Waals surface area contributed by atoms with E-state index in [4.69, 9.17) is 5.11 Å². The van der Waals surface area contributed by atoms with Crippen molar-refractivity contribution in [3.05, 3.63) is 12.2 Å². The number of hydrogen-bond donors (Lipinski definition) is 1. The molecule has 1 saturated heterocycles. The van der Waals surface area contributed by atoms with E-state index in [0.29, 0.717) is 0 Å². The molecule has 1 heterocycles. The molecule has 2 fully saturated rings. The third-order valence-corrected chi connectivity index (χ3v) is 4.53. The molecule has 3 heteroatoms. The summed E-state index contributed by atoms with van der Waals surface area (Å²) in [5, 5.41) is 9.13. The summed E-state index contributed by atoms with van der Waals surface area (Å²) >= 11 is 0. The second kappa shape index (κ2) is 3.88. The second-order valence-electron chi connectivity index (χ2n) is 5.53. The molecule has 3 nitrogen and oxygen atoms in total. The van der Waals surface area contributed by atoms with Crippen LogP contribution in [0.5, 0.6) is 0 Å². The minimum atomic E-state index is -0.629. The molecule has 3 rings (SSSR count). The Kier molecular flexibility index (Phi) is 2.51. The van der Waals surface area contributed by atoms with E-state index in [1.54, 1.807) is 0 Å². The van der Waals surface area contributed by atoms with Gasteiger partial charge in [-0.1, -0.05) is 12.2 Å². The topological polar surface area (TPSA) is 40.5 Å². The highest BCUT2D eigenvalue weighted by Crippen LogP contribution is 2.44. The number of rotatable bonds is 3. The largest absolute Gasteiger partial charge is 0.480 e. The molecule has 0 aromatic carbocycles. The first-order valence-electron chi connectivity index (χ1n) is 6.39. The fourth-order valence-corrected chi connectivity index (χ4v) is 3.73. The first kappa shape index (κ1) is 10.3. The first-order valence-corrected chi connectivity index (χ1v) is 6.39. The number of fused-ring (bicyclic) bond motifs is 2. The van der Waals surface area contributed by atoms with Crippen molar-refractivity contribution in [1.29, 1.82) is 0 Å². The van der Waals surface area contributed by atoms with Crippen LogP contribution in [0.15, 0.2) is 12.2 Å². The van der Waals surface area contributed by atoms with E-state index < -0.39 is 5.97 Å². The Morgan fingerprint density at radius 3 is 2.88 bits per heavy atom. The van der Waals surface area contributed by atoms with E-state index in [-0.39, 0.29) is 6.04 Å². The molecule has 4 atom stereocenters. The maximum absolute atomic E-state index is 11.1. The smallest absolute Gasteiger partial charge is 0.320 e. The molecule has 0 spiro atoms. The lowest BCUT2D eigenvalue weighted by atomic mass is 9.93. The molecule has 0 aromatic rings. The van der Waals surface area contributed by atoms with Crippen molar-refractivity contribution in [2.24, 2.45) is 17.8 Å². The summed E-state index contributed by atoms with van der Waals surface area (Å²) in [5.74, 6) is 1.62. The van der Waals surface area contributed by atoms with E-state index in [2.05, 4.69) is 17.1 Å². The molecule has 16 heavy (non-hydrogen) atoms. The average Bonchev–Trinajstić information content (AvgIpc) is 2.91. The second-order valence-corrected chi connectivity index (χ2v) is 5.53. The predicted molar refractivity (Wildman–Crippen MR) is 61.1 cm³/mol. The van der Waals surface area contributed by atoms with E-state index in [1.165, 1.54) is 12.8 Å². The highest BCUT2D eigenvalue weighted by atomic mass is 16.4. The molecule has 0 amide bonds. The number of carbonyl (C=O) groups is 1. The first-order chi connectivity index (χ1) is 7.74. The van der Waals surface area contributed by atoms with Crippen LogP contribution in [0.4, 0.5) is 0 Å². The van der Waals surface area contributed by atoms with Crippen LogP contribution >= 0.6 is 0 Å². The van der Waals surface area contributed by atoms with Crippen molar-refractivity contribution in [2.75, 3.05) is 13.1 Å². The van der Waals surface area contributed by atoms with Crippen molar-refractivity contribution < 1.29 is 9.90 Å². The Hall–Kier alpha value is -0.830. The van der Waals surface area contributed by atoms with Crippen LogP contribution in [0.1, 0.15) is 25.7 Å². The average molecular weight is 221 g/mol. The van der Waals surface area contributed by atoms with Gasteiger partial charge in [-0.2, -0.15) is 0 Å². The van der Waals surface area contributed by atoms with Gasteiger partial charge in [0.2, 0.25) is 0 Å². The molecule has 1 aliphatic heterocycles. The Labute approximate surface area is 96.1 Å². The van der Waals surface area contributed by atoms with Gasteiger partial charge in [0.25, 0.3) is 0 Å². The van der Waals surface area contributed by atoms with Gasteiger partial charge in [0.1, 0.15) is 6.04 Å². The summed E-state index contributed by atoms with van der Waals surface area (Å²) in [6, 6.07) is -0.205. The third-order valence-electron chi connectivity index (χ3n) is 4.53. The summed E-state index contributed by atoms with van der Waals surface area (Å²) in [5.41, 5.74) is 0. The Morgan fingerprint density at radius 1 is 1.38 bits per heavy atom. The molecule has 2 aliphatic carbocycles. The number of allylic oxidation sites excluding steroid dienone is 2. The van der Waals surface area contributed by atoms with Crippen LogP contribution in [0.2, 0.25) is 0 Å². The van der Waals surface area contributed by atoms with E-state index in [1.807, 2.05) is 0 Å². The summed E-state index contributed by atoms with van der Waals surface area (Å²) < 4.78 is 0. The van der Waals surface area contributed by atoms with Crippen molar-refractivity contribution in [2.45, 2.75) is 31.7 Å². The molecule has 4 unspecified atom stereocenters. The number of aliphatic carboxylic acids is 1. The normalized spacial score (nSPS) is 42.0. The van der Waals surface area contributed by atoms with Crippen LogP contribution in [0.25, 0.3) is 0 Å². The molecule has 1 saturated carbocycles. The minimum Gasteiger partial charge on any atom is -0.480 e. The zero-order chi connectivity index (χ0) is 11.1. The summed E-state index contributed by atoms with van der Waals surface area (Å²) in [6.45, 7) is 1.98. The van der Waals surface area contributed by atoms with Crippen LogP contribution in [0.3, 0.4) is 0 Å². The van der Waals surface area contributed by atoms with Crippen LogP contribution < -0.4 is 0 Å². The molecular formula is C13H19NO2. The zero-order valence-corrected chi connectivity index (χ0v) is 9.51. The molecule has 0 radical (unpaired) electrons. The summed E-state index contributed by atoms with van der Waals surface area (Å²) in [6.07, 6.45) is 9.18. The predicted octanol–water partition coefficient (Wildman–Crippen LogP) is 1.75. The summed E-state index contributed by atoms with van der Waals surface area (Å²) in [4.78, 5) is 13.3. The lowest BCUT2D eigenvalue weighted by Gasteiger charge is -2.27. The molecule has 1 N–H and O–H groups in total. The zero-order valence-electron chi connectivity index (χ0n) is 9.51. The lowest BCUT2D eigenvalue weighted by Crippen LogP contribution is -2.39. The highest BCUT2D eigenvalue weighted by Gasteiger charge is 2.39. The van der Waals surface area contributed by atoms with E-state index >= 15 is 0 Å². The van der Waals surface area contributed by atoms with Crippen LogP contribution in [0, 0.1) is 17.8 Å². The fraction of sp³-hybridized carbons (Fsp3) is 0.769. The monoisotopic (exact) mass is 221 g/mol. The van der Waals surface area contributed by atoms with Gasteiger partial charge in [-0.3, -0.25) is 9.69 Å². The summed E-state index contributed by atoms with van der Waals surface area (Å²) in [7, 11) is 0. The van der Waals surface area contributed by atoms with Gasteiger partial charge in [-0.25, -0.2) is 0 Å². The number of likely N-dealkylation sites (tertiary alicyclic amines) is 1.